The fraction of sp³-hybridized carbons (Fsp3) is 0.375. The van der Waals surface area contributed by atoms with Crippen LogP contribution in [0.25, 0.3) is 68.3 Å². The number of H-pyrrole nitrogens is 2. The molecule has 302 valence electrons. The van der Waals surface area contributed by atoms with Gasteiger partial charge in [0.15, 0.2) is 12.4 Å². The number of ether oxygens (including phenoxy) is 4. The Hall–Kier alpha value is -5.58. The molecule has 58 heavy (non-hydrogen) atoms. The van der Waals surface area contributed by atoms with Gasteiger partial charge in [0.25, 0.3) is 0 Å². The maximum absolute atomic E-state index is 6.29. The SMILES string of the molecule is COc1ccc2[nH]c3ccc(=C/C=[NH2+])/c(=C\OCCN4CCC(C5CCN(CCO/C=c6\c(=C/C=[NH2+])ccc7[nH]c8ccc(OC(C)C)cc8c67)CC5)CC4)c3c2c1. The molecule has 10 nitrogen and oxygen atoms in total. The van der Waals surface area contributed by atoms with Crippen molar-refractivity contribution < 1.29 is 29.8 Å². The van der Waals surface area contributed by atoms with Crippen molar-refractivity contribution in [2.75, 3.05) is 59.6 Å². The standard InChI is InChI=1S/C48H56N6O4/c1-32(2)58-38-7-11-44-40(29-38)48-42(36(13-19-50)5-9-46(48)52-44)31-57-27-25-54-22-16-34(17-23-54)33-14-20-53(21-15-33)24-26-56-30-41-35(12-18-49)4-8-45-47(41)39-28-37(55-3)6-10-43(39)51-45/h4-13,18-19,28-34,49-52H,14-17,20-27H2,1-3H3/p+2/b35-12-,36-13-,41-30+,42-31+,49-18?,50-19?. The second-order valence-electron chi connectivity index (χ2n) is 16.1. The van der Waals surface area contributed by atoms with E-state index < -0.39 is 0 Å². The highest BCUT2D eigenvalue weighted by Gasteiger charge is 2.29. The van der Waals surface area contributed by atoms with E-state index in [1.165, 1.54) is 25.7 Å². The molecule has 10 heteroatoms. The van der Waals surface area contributed by atoms with Gasteiger partial charge in [0, 0.05) is 79.3 Å². The number of likely N-dealkylation sites (tertiary alicyclic amines) is 2. The van der Waals surface area contributed by atoms with Crippen LogP contribution < -0.4 is 41.2 Å². The number of methoxy groups -OCH3 is 1. The van der Waals surface area contributed by atoms with Gasteiger partial charge in [-0.1, -0.05) is 12.1 Å². The van der Waals surface area contributed by atoms with Gasteiger partial charge in [-0.3, -0.25) is 20.6 Å². The Bertz CT molecular complexity index is 2660. The zero-order valence-corrected chi connectivity index (χ0v) is 34.1. The van der Waals surface area contributed by atoms with E-state index in [-0.39, 0.29) is 6.10 Å². The molecule has 0 amide bonds. The van der Waals surface area contributed by atoms with Crippen LogP contribution in [0.4, 0.5) is 0 Å². The number of hydrogen-bond donors (Lipinski definition) is 4. The Kier molecular flexibility index (Phi) is 12.1. The van der Waals surface area contributed by atoms with Crippen LogP contribution in [-0.2, 0) is 9.47 Å². The Morgan fingerprint density at radius 1 is 0.638 bits per heavy atom. The number of rotatable bonds is 14. The van der Waals surface area contributed by atoms with Gasteiger partial charge >= 0.3 is 0 Å². The number of nitrogens with two attached hydrogens (primary N) is 2. The Morgan fingerprint density at radius 3 is 1.53 bits per heavy atom. The highest BCUT2D eigenvalue weighted by molar-refractivity contribution is 6.09. The fourth-order valence-electron chi connectivity index (χ4n) is 9.20. The largest absolute Gasteiger partial charge is 0.499 e. The van der Waals surface area contributed by atoms with E-state index in [0.29, 0.717) is 13.2 Å². The topological polar surface area (TPSA) is 126 Å². The van der Waals surface area contributed by atoms with E-state index in [1.54, 1.807) is 19.5 Å². The monoisotopic (exact) mass is 782 g/mol. The summed E-state index contributed by atoms with van der Waals surface area (Å²) in [6.45, 7) is 11.8. The Balaban J connectivity index is 0.824. The first-order chi connectivity index (χ1) is 28.4. The molecule has 0 aliphatic carbocycles. The lowest BCUT2D eigenvalue weighted by atomic mass is 9.79. The molecule has 2 aliphatic heterocycles. The molecular formula is C48H58N6O4+2. The first kappa shape index (κ1) is 39.3. The number of fused-ring (bicyclic) bond motifs is 6. The highest BCUT2D eigenvalue weighted by atomic mass is 16.5. The normalized spacial score (nSPS) is 17.7. The Morgan fingerprint density at radius 2 is 1.09 bits per heavy atom. The van der Waals surface area contributed by atoms with Gasteiger partial charge in [-0.05, 0) is 137 Å². The zero-order valence-electron chi connectivity index (χ0n) is 34.1. The second kappa shape index (κ2) is 17.9. The quantitative estimate of drug-likeness (QED) is 0.0996. The average molecular weight is 783 g/mol. The van der Waals surface area contributed by atoms with E-state index in [4.69, 9.17) is 29.8 Å². The first-order valence-corrected chi connectivity index (χ1v) is 20.9. The van der Waals surface area contributed by atoms with Crippen LogP contribution in [0.5, 0.6) is 11.5 Å². The van der Waals surface area contributed by atoms with Gasteiger partial charge in [-0.15, -0.1) is 0 Å². The third kappa shape index (κ3) is 8.49. The molecule has 0 spiro atoms. The van der Waals surface area contributed by atoms with Crippen molar-refractivity contribution in [3.8, 4) is 11.5 Å². The number of nitrogens with zero attached hydrogens (tertiary/aromatic N) is 2. The molecule has 0 unspecified atom stereocenters. The number of benzene rings is 4. The summed E-state index contributed by atoms with van der Waals surface area (Å²) in [7, 11) is 1.70. The van der Waals surface area contributed by atoms with Gasteiger partial charge in [0.05, 0.1) is 25.7 Å². The summed E-state index contributed by atoms with van der Waals surface area (Å²) in [5.74, 6) is 3.29. The van der Waals surface area contributed by atoms with Crippen molar-refractivity contribution in [3.63, 3.8) is 0 Å². The molecule has 6 aromatic rings. The van der Waals surface area contributed by atoms with Crippen LogP contribution in [0, 0.1) is 11.8 Å². The van der Waals surface area contributed by atoms with Crippen LogP contribution in [-0.4, -0.2) is 97.9 Å². The lowest BCUT2D eigenvalue weighted by Crippen LogP contribution is -2.42. The molecule has 0 bridgehead atoms. The molecule has 6 N–H and O–H groups in total. The summed E-state index contributed by atoms with van der Waals surface area (Å²) in [5.41, 5.74) is 4.26. The van der Waals surface area contributed by atoms with E-state index in [0.717, 1.165) is 127 Å². The van der Waals surface area contributed by atoms with Crippen LogP contribution in [0.2, 0.25) is 0 Å². The number of aromatic nitrogens is 2. The van der Waals surface area contributed by atoms with Crippen molar-refractivity contribution in [1.82, 2.24) is 19.8 Å². The molecule has 4 aromatic carbocycles. The van der Waals surface area contributed by atoms with Crippen molar-refractivity contribution >= 4 is 80.7 Å². The maximum atomic E-state index is 6.29. The molecular weight excluding hydrogens is 725 g/mol. The van der Waals surface area contributed by atoms with E-state index >= 15 is 0 Å². The smallest absolute Gasteiger partial charge is 0.160 e. The van der Waals surface area contributed by atoms with Crippen molar-refractivity contribution in [3.05, 3.63) is 81.5 Å². The molecule has 2 fully saturated rings. The lowest BCUT2D eigenvalue weighted by Gasteiger charge is -2.40. The summed E-state index contributed by atoms with van der Waals surface area (Å²) >= 11 is 0. The minimum Gasteiger partial charge on any atom is -0.499 e. The summed E-state index contributed by atoms with van der Waals surface area (Å²) in [6.07, 6.45) is 16.0. The molecule has 2 aliphatic rings. The molecule has 8 rings (SSSR count). The minimum absolute atomic E-state index is 0.104. The van der Waals surface area contributed by atoms with E-state index in [2.05, 4.69) is 68.3 Å². The average Bonchev–Trinajstić information content (AvgIpc) is 3.80. The third-order valence-corrected chi connectivity index (χ3v) is 12.2. The summed E-state index contributed by atoms with van der Waals surface area (Å²) < 4.78 is 24.1. The van der Waals surface area contributed by atoms with Gasteiger partial charge < -0.3 is 28.9 Å². The second-order valence-corrected chi connectivity index (χ2v) is 16.1. The lowest BCUT2D eigenvalue weighted by molar-refractivity contribution is -0.103. The van der Waals surface area contributed by atoms with E-state index in [9.17, 15) is 0 Å². The summed E-state index contributed by atoms with van der Waals surface area (Å²) in [5, 5.41) is 20.3. The first-order valence-electron chi connectivity index (χ1n) is 20.9. The minimum atomic E-state index is 0.104. The molecule has 0 radical (unpaired) electrons. The van der Waals surface area contributed by atoms with Crippen LogP contribution >= 0.6 is 0 Å². The number of nitrogens with one attached hydrogen (secondary N) is 2. The Labute approximate surface area is 339 Å². The zero-order chi connectivity index (χ0) is 40.0. The summed E-state index contributed by atoms with van der Waals surface area (Å²) in [4.78, 5) is 12.2. The molecule has 0 saturated carbocycles. The van der Waals surface area contributed by atoms with Crippen molar-refractivity contribution in [2.24, 2.45) is 11.8 Å². The third-order valence-electron chi connectivity index (χ3n) is 12.2. The fourth-order valence-corrected chi connectivity index (χ4v) is 9.20. The number of hydrogen-bond acceptors (Lipinski definition) is 6. The predicted molar refractivity (Wildman–Crippen MR) is 236 cm³/mol. The van der Waals surface area contributed by atoms with Crippen molar-refractivity contribution in [2.45, 2.75) is 45.6 Å². The van der Waals surface area contributed by atoms with Gasteiger partial charge in [-0.2, -0.15) is 0 Å². The maximum Gasteiger partial charge on any atom is 0.160 e. The van der Waals surface area contributed by atoms with Gasteiger partial charge in [0.2, 0.25) is 0 Å². The molecule has 2 aromatic heterocycles. The van der Waals surface area contributed by atoms with Gasteiger partial charge in [-0.25, -0.2) is 0 Å². The van der Waals surface area contributed by atoms with Crippen LogP contribution in [0.1, 0.15) is 39.5 Å². The number of piperidine rings is 2. The molecule has 0 atom stereocenters. The van der Waals surface area contributed by atoms with Crippen molar-refractivity contribution in [1.29, 1.82) is 0 Å². The predicted octanol–water partition coefficient (Wildman–Crippen LogP) is 2.61. The van der Waals surface area contributed by atoms with Crippen LogP contribution in [0.3, 0.4) is 0 Å². The van der Waals surface area contributed by atoms with Gasteiger partial charge in [0.1, 0.15) is 24.7 Å². The molecule has 2 saturated heterocycles. The highest BCUT2D eigenvalue weighted by Crippen LogP contribution is 2.33. The van der Waals surface area contributed by atoms with E-state index in [1.807, 2.05) is 50.7 Å². The molecule has 4 heterocycles. The van der Waals surface area contributed by atoms with Crippen LogP contribution in [0.15, 0.2) is 60.7 Å². The summed E-state index contributed by atoms with van der Waals surface area (Å²) in [6, 6.07) is 20.7. The number of aromatic amines is 2.